The zero-order valence-corrected chi connectivity index (χ0v) is 17.6. The van der Waals surface area contributed by atoms with Crippen molar-refractivity contribution in [2.24, 2.45) is 5.92 Å². The quantitative estimate of drug-likeness (QED) is 0.577. The van der Waals surface area contributed by atoms with Crippen LogP contribution in [0.4, 0.5) is 0 Å². The smallest absolute Gasteiger partial charge is 0.310 e. The van der Waals surface area contributed by atoms with Gasteiger partial charge in [-0.15, -0.1) is 11.3 Å². The van der Waals surface area contributed by atoms with Gasteiger partial charge in [0.15, 0.2) is 0 Å². The summed E-state index contributed by atoms with van der Waals surface area (Å²) in [4.78, 5) is 21.6. The first-order valence-corrected chi connectivity index (χ1v) is 11.7. The molecule has 4 rings (SSSR count). The molecule has 1 atom stereocenters. The molecular formula is C20H21N3O4S2. The van der Waals surface area contributed by atoms with Crippen LogP contribution in [0.1, 0.15) is 24.2 Å². The van der Waals surface area contributed by atoms with Gasteiger partial charge in [-0.3, -0.25) is 4.79 Å². The number of esters is 1. The fourth-order valence-electron chi connectivity index (χ4n) is 3.41. The van der Waals surface area contributed by atoms with Crippen molar-refractivity contribution >= 4 is 38.4 Å². The number of hydrogen-bond acceptors (Lipinski definition) is 7. The van der Waals surface area contributed by atoms with Crippen molar-refractivity contribution in [1.29, 1.82) is 0 Å². The van der Waals surface area contributed by atoms with Crippen LogP contribution in [0.5, 0.6) is 0 Å². The van der Waals surface area contributed by atoms with Gasteiger partial charge in [0.05, 0.1) is 28.3 Å². The average molecular weight is 432 g/mol. The van der Waals surface area contributed by atoms with E-state index < -0.39 is 21.9 Å². The maximum absolute atomic E-state index is 12.7. The second-order valence-electron chi connectivity index (χ2n) is 6.99. The zero-order chi connectivity index (χ0) is 20.4. The Morgan fingerprint density at radius 2 is 1.97 bits per heavy atom. The molecule has 2 aromatic heterocycles. The number of aryl methyl sites for hydroxylation is 1. The number of piperidine rings is 1. The second kappa shape index (κ2) is 8.17. The van der Waals surface area contributed by atoms with E-state index in [1.54, 1.807) is 17.5 Å². The lowest BCUT2D eigenvalue weighted by atomic mass is 10.00. The summed E-state index contributed by atoms with van der Waals surface area (Å²) in [7, 11) is -3.56. The number of para-hydroxylation sites is 2. The number of fused-ring (bicyclic) bond motifs is 1. The maximum atomic E-state index is 12.7. The number of carbonyl (C=O) groups is 1. The highest BCUT2D eigenvalue weighted by Crippen LogP contribution is 2.27. The molecule has 3 heterocycles. The predicted octanol–water partition coefficient (Wildman–Crippen LogP) is 3.14. The molecule has 9 heteroatoms. The number of nitrogens with zero attached hydrogens (tertiary/aromatic N) is 3. The van der Waals surface area contributed by atoms with Crippen molar-refractivity contribution in [3.05, 3.63) is 53.2 Å². The van der Waals surface area contributed by atoms with E-state index in [1.807, 2.05) is 31.2 Å². The predicted molar refractivity (Wildman–Crippen MR) is 110 cm³/mol. The van der Waals surface area contributed by atoms with Gasteiger partial charge in [-0.2, -0.15) is 4.31 Å². The number of carbonyl (C=O) groups excluding carboxylic acids is 1. The van der Waals surface area contributed by atoms with Crippen molar-refractivity contribution in [1.82, 2.24) is 14.3 Å². The van der Waals surface area contributed by atoms with Crippen molar-refractivity contribution in [2.45, 2.75) is 30.6 Å². The Kier molecular flexibility index (Phi) is 5.62. The Hall–Kier alpha value is -2.36. The van der Waals surface area contributed by atoms with Crippen LogP contribution in [0.25, 0.3) is 11.0 Å². The summed E-state index contributed by atoms with van der Waals surface area (Å²) in [5.41, 5.74) is 2.86. The van der Waals surface area contributed by atoms with Crippen molar-refractivity contribution in [3.8, 4) is 0 Å². The largest absolute Gasteiger partial charge is 0.459 e. The van der Waals surface area contributed by atoms with E-state index in [4.69, 9.17) is 4.74 Å². The molecule has 1 fully saturated rings. The van der Waals surface area contributed by atoms with Gasteiger partial charge < -0.3 is 4.74 Å². The summed E-state index contributed by atoms with van der Waals surface area (Å²) < 4.78 is 32.6. The fourth-order valence-corrected chi connectivity index (χ4v) is 6.08. The van der Waals surface area contributed by atoms with E-state index in [-0.39, 0.29) is 13.2 Å². The van der Waals surface area contributed by atoms with E-state index in [0.29, 0.717) is 35.0 Å². The summed E-state index contributed by atoms with van der Waals surface area (Å²) in [5.74, 6) is -0.877. The lowest BCUT2D eigenvalue weighted by Crippen LogP contribution is -2.42. The minimum atomic E-state index is -3.56. The molecule has 0 bridgehead atoms. The van der Waals surface area contributed by atoms with Gasteiger partial charge in [-0.1, -0.05) is 18.2 Å². The highest BCUT2D eigenvalue weighted by Gasteiger charge is 2.34. The summed E-state index contributed by atoms with van der Waals surface area (Å²) in [6, 6.07) is 10.8. The van der Waals surface area contributed by atoms with Crippen LogP contribution in [-0.4, -0.2) is 41.7 Å². The number of thiophene rings is 1. The normalized spacial score (nSPS) is 18.0. The second-order valence-corrected chi connectivity index (χ2v) is 10.1. The minimum Gasteiger partial charge on any atom is -0.459 e. The molecule has 1 aliphatic heterocycles. The molecule has 29 heavy (non-hydrogen) atoms. The van der Waals surface area contributed by atoms with Gasteiger partial charge in [-0.25, -0.2) is 18.4 Å². The zero-order valence-electron chi connectivity index (χ0n) is 15.9. The van der Waals surface area contributed by atoms with E-state index in [9.17, 15) is 13.2 Å². The number of aromatic nitrogens is 2. The van der Waals surface area contributed by atoms with Gasteiger partial charge in [-0.05, 0) is 43.3 Å². The van der Waals surface area contributed by atoms with E-state index in [1.165, 1.54) is 15.6 Å². The fraction of sp³-hybridized carbons (Fsp3) is 0.350. The molecule has 0 spiro atoms. The summed E-state index contributed by atoms with van der Waals surface area (Å²) >= 11 is 1.18. The average Bonchev–Trinajstić information content (AvgIpc) is 3.28. The first-order chi connectivity index (χ1) is 13.9. The van der Waals surface area contributed by atoms with Gasteiger partial charge >= 0.3 is 5.97 Å². The van der Waals surface area contributed by atoms with Crippen LogP contribution in [0, 0.1) is 12.8 Å². The van der Waals surface area contributed by atoms with Gasteiger partial charge in [0.1, 0.15) is 10.8 Å². The number of hydrogen-bond donors (Lipinski definition) is 0. The highest BCUT2D eigenvalue weighted by molar-refractivity contribution is 7.91. The number of ether oxygens (including phenoxy) is 1. The topological polar surface area (TPSA) is 89.5 Å². The number of rotatable bonds is 5. The van der Waals surface area contributed by atoms with Crippen LogP contribution in [0.2, 0.25) is 0 Å². The van der Waals surface area contributed by atoms with E-state index in [0.717, 1.165) is 11.0 Å². The van der Waals surface area contributed by atoms with E-state index >= 15 is 0 Å². The van der Waals surface area contributed by atoms with Crippen LogP contribution < -0.4 is 0 Å². The molecule has 0 N–H and O–H groups in total. The molecule has 1 aliphatic rings. The molecule has 0 radical (unpaired) electrons. The Bertz CT molecular complexity index is 1130. The number of sulfonamides is 1. The van der Waals surface area contributed by atoms with Crippen LogP contribution in [0.3, 0.4) is 0 Å². The van der Waals surface area contributed by atoms with Crippen LogP contribution >= 0.6 is 11.3 Å². The lowest BCUT2D eigenvalue weighted by Gasteiger charge is -2.30. The van der Waals surface area contributed by atoms with Crippen molar-refractivity contribution in [2.75, 3.05) is 13.1 Å². The molecule has 3 aromatic rings. The Morgan fingerprint density at radius 3 is 2.69 bits per heavy atom. The first kappa shape index (κ1) is 19.9. The summed E-state index contributed by atoms with van der Waals surface area (Å²) in [6.45, 7) is 2.41. The van der Waals surface area contributed by atoms with Crippen LogP contribution in [0.15, 0.2) is 46.0 Å². The van der Waals surface area contributed by atoms with Gasteiger partial charge in [0.2, 0.25) is 0 Å². The van der Waals surface area contributed by atoms with Gasteiger partial charge in [0.25, 0.3) is 10.0 Å². The molecule has 152 valence electrons. The molecule has 1 aromatic carbocycles. The standard InChI is InChI=1S/C20H21N3O4S2/c1-14-18(22-17-8-3-2-7-16(17)21-14)13-27-20(24)15-6-4-10-23(12-15)29(25,26)19-9-5-11-28-19/h2-3,5,7-9,11,15H,4,6,10,12-13H2,1H3. The number of benzene rings is 1. The highest BCUT2D eigenvalue weighted by atomic mass is 32.2. The van der Waals surface area contributed by atoms with E-state index in [2.05, 4.69) is 9.97 Å². The van der Waals surface area contributed by atoms with Crippen molar-refractivity contribution in [3.63, 3.8) is 0 Å². The lowest BCUT2D eigenvalue weighted by molar-refractivity contribution is -0.151. The Morgan fingerprint density at radius 1 is 1.21 bits per heavy atom. The molecule has 0 amide bonds. The molecule has 0 aliphatic carbocycles. The first-order valence-electron chi connectivity index (χ1n) is 9.38. The third kappa shape index (κ3) is 4.17. The third-order valence-corrected chi connectivity index (χ3v) is 8.24. The third-order valence-electron chi connectivity index (χ3n) is 5.00. The molecule has 1 saturated heterocycles. The molecular weight excluding hydrogens is 410 g/mol. The molecule has 1 unspecified atom stereocenters. The molecule has 7 nitrogen and oxygen atoms in total. The molecule has 0 saturated carbocycles. The maximum Gasteiger partial charge on any atom is 0.310 e. The minimum absolute atomic E-state index is 0.0245. The van der Waals surface area contributed by atoms with Gasteiger partial charge in [0, 0.05) is 13.1 Å². The monoisotopic (exact) mass is 431 g/mol. The SMILES string of the molecule is Cc1nc2ccccc2nc1COC(=O)C1CCCN(S(=O)(=O)c2cccs2)C1. The summed E-state index contributed by atoms with van der Waals surface area (Å²) in [5, 5.41) is 1.73. The Labute approximate surface area is 173 Å². The van der Waals surface area contributed by atoms with Crippen LogP contribution in [-0.2, 0) is 26.2 Å². The van der Waals surface area contributed by atoms with Crippen molar-refractivity contribution < 1.29 is 17.9 Å². The summed E-state index contributed by atoms with van der Waals surface area (Å²) in [6.07, 6.45) is 1.23. The Balaban J connectivity index is 1.43.